The van der Waals surface area contributed by atoms with Crippen LogP contribution in [0.15, 0.2) is 48.5 Å². The van der Waals surface area contributed by atoms with Crippen molar-refractivity contribution in [3.05, 3.63) is 59.1 Å². The van der Waals surface area contributed by atoms with Crippen LogP contribution in [0.25, 0.3) is 0 Å². The lowest BCUT2D eigenvalue weighted by atomic mass is 9.87. The number of anilines is 1. The van der Waals surface area contributed by atoms with Gasteiger partial charge in [0.1, 0.15) is 5.75 Å². The second kappa shape index (κ2) is 7.12. The number of carbonyl (C=O) groups is 2. The third kappa shape index (κ3) is 4.07. The average molecular weight is 372 g/mol. The van der Waals surface area contributed by atoms with Crippen LogP contribution in [0.3, 0.4) is 0 Å². The molecule has 136 valence electrons. The molecule has 2 aromatic rings. The molecule has 5 heteroatoms. The van der Waals surface area contributed by atoms with Crippen LogP contribution in [-0.2, 0) is 15.0 Å². The van der Waals surface area contributed by atoms with E-state index < -0.39 is 5.92 Å². The lowest BCUT2D eigenvalue weighted by Crippen LogP contribution is -2.27. The largest absolute Gasteiger partial charge is 0.426 e. The summed E-state index contributed by atoms with van der Waals surface area (Å²) in [7, 11) is 0. The molecule has 1 fully saturated rings. The molecule has 0 aliphatic carbocycles. The minimum Gasteiger partial charge on any atom is -0.426 e. The Labute approximate surface area is 158 Å². The van der Waals surface area contributed by atoms with Crippen molar-refractivity contribution in [3.63, 3.8) is 0 Å². The molecule has 1 aliphatic rings. The summed E-state index contributed by atoms with van der Waals surface area (Å²) in [5, 5.41) is 0.556. The van der Waals surface area contributed by atoms with Gasteiger partial charge in [-0.05, 0) is 41.3 Å². The number of ether oxygens (including phenoxy) is 1. The summed E-state index contributed by atoms with van der Waals surface area (Å²) in [5.74, 6) is -0.468. The molecular weight excluding hydrogens is 350 g/mol. The fourth-order valence-corrected chi connectivity index (χ4v) is 3.17. The van der Waals surface area contributed by atoms with Crippen molar-refractivity contribution in [3.8, 4) is 5.75 Å². The van der Waals surface area contributed by atoms with Crippen molar-refractivity contribution in [2.45, 2.75) is 32.6 Å². The van der Waals surface area contributed by atoms with Gasteiger partial charge in [-0.2, -0.15) is 0 Å². The van der Waals surface area contributed by atoms with Gasteiger partial charge in [-0.1, -0.05) is 50.6 Å². The second-order valence-electron chi connectivity index (χ2n) is 7.58. The average Bonchev–Trinajstić information content (AvgIpc) is 2.96. The van der Waals surface area contributed by atoms with Crippen LogP contribution in [0.5, 0.6) is 5.75 Å². The van der Waals surface area contributed by atoms with Gasteiger partial charge in [-0.15, -0.1) is 0 Å². The molecule has 4 nitrogen and oxygen atoms in total. The maximum atomic E-state index is 12.5. The molecule has 1 saturated heterocycles. The maximum absolute atomic E-state index is 12.5. The normalized spacial score (nSPS) is 17.5. The van der Waals surface area contributed by atoms with E-state index in [1.54, 1.807) is 35.2 Å². The topological polar surface area (TPSA) is 46.6 Å². The first kappa shape index (κ1) is 18.5. The third-order valence-corrected chi connectivity index (χ3v) is 4.75. The molecule has 1 heterocycles. The molecule has 0 saturated carbocycles. The Hall–Kier alpha value is -2.33. The van der Waals surface area contributed by atoms with E-state index in [1.165, 1.54) is 5.56 Å². The number of amides is 1. The molecule has 0 unspecified atom stereocenters. The molecule has 0 aromatic heterocycles. The molecule has 1 aliphatic heterocycles. The van der Waals surface area contributed by atoms with E-state index in [0.717, 1.165) is 0 Å². The van der Waals surface area contributed by atoms with Crippen molar-refractivity contribution < 1.29 is 14.3 Å². The van der Waals surface area contributed by atoms with Crippen LogP contribution in [0.2, 0.25) is 5.02 Å². The van der Waals surface area contributed by atoms with Crippen LogP contribution in [0.1, 0.15) is 32.8 Å². The van der Waals surface area contributed by atoms with Gasteiger partial charge in [0.2, 0.25) is 5.91 Å². The summed E-state index contributed by atoms with van der Waals surface area (Å²) in [4.78, 5) is 26.3. The highest BCUT2D eigenvalue weighted by Gasteiger charge is 2.36. The smallest absolute Gasteiger partial charge is 0.316 e. The lowest BCUT2D eigenvalue weighted by Gasteiger charge is -2.19. The highest BCUT2D eigenvalue weighted by molar-refractivity contribution is 6.30. The Morgan fingerprint density at radius 3 is 2.46 bits per heavy atom. The van der Waals surface area contributed by atoms with Gasteiger partial charge in [0.05, 0.1) is 5.92 Å². The van der Waals surface area contributed by atoms with Crippen LogP contribution >= 0.6 is 11.6 Å². The van der Waals surface area contributed by atoms with Gasteiger partial charge in [-0.25, -0.2) is 0 Å². The van der Waals surface area contributed by atoms with Crippen molar-refractivity contribution >= 4 is 29.2 Å². The molecular formula is C21H22ClNO3. The molecule has 1 amide bonds. The van der Waals surface area contributed by atoms with Gasteiger partial charge in [-0.3, -0.25) is 9.59 Å². The maximum Gasteiger partial charge on any atom is 0.316 e. The van der Waals surface area contributed by atoms with Crippen LogP contribution in [-0.4, -0.2) is 18.4 Å². The Bertz CT molecular complexity index is 824. The van der Waals surface area contributed by atoms with E-state index >= 15 is 0 Å². The van der Waals surface area contributed by atoms with Gasteiger partial charge in [0, 0.05) is 23.7 Å². The summed E-state index contributed by atoms with van der Waals surface area (Å²) >= 11 is 5.99. The summed E-state index contributed by atoms with van der Waals surface area (Å²) < 4.78 is 5.48. The molecule has 3 rings (SSSR count). The minimum absolute atomic E-state index is 0.0396. The van der Waals surface area contributed by atoms with Gasteiger partial charge in [0.25, 0.3) is 0 Å². The highest BCUT2D eigenvalue weighted by atomic mass is 35.5. The van der Waals surface area contributed by atoms with E-state index in [9.17, 15) is 9.59 Å². The van der Waals surface area contributed by atoms with Crippen LogP contribution in [0, 0.1) is 5.92 Å². The quantitative estimate of drug-likeness (QED) is 0.585. The van der Waals surface area contributed by atoms with Gasteiger partial charge >= 0.3 is 5.97 Å². The molecule has 0 bridgehead atoms. The number of hydrogen-bond donors (Lipinski definition) is 0. The third-order valence-electron chi connectivity index (χ3n) is 4.52. The predicted octanol–water partition coefficient (Wildman–Crippen LogP) is 4.60. The van der Waals surface area contributed by atoms with Crippen molar-refractivity contribution in [1.82, 2.24) is 0 Å². The van der Waals surface area contributed by atoms with Gasteiger partial charge < -0.3 is 9.64 Å². The zero-order valence-electron chi connectivity index (χ0n) is 15.2. The van der Waals surface area contributed by atoms with Crippen LogP contribution in [0.4, 0.5) is 5.69 Å². The summed E-state index contributed by atoms with van der Waals surface area (Å²) in [6.45, 7) is 6.69. The van der Waals surface area contributed by atoms with E-state index in [4.69, 9.17) is 16.3 Å². The first-order valence-electron chi connectivity index (χ1n) is 8.62. The van der Waals surface area contributed by atoms with Crippen molar-refractivity contribution in [1.29, 1.82) is 0 Å². The molecule has 1 atom stereocenters. The second-order valence-corrected chi connectivity index (χ2v) is 8.02. The number of esters is 1. The Morgan fingerprint density at radius 1 is 1.15 bits per heavy atom. The number of benzene rings is 2. The number of halogens is 1. The standard InChI is InChI=1S/C21H22ClNO3/c1-21(2,3)15-7-9-18(10-8-15)26-20(25)14-11-19(24)23(13-14)17-6-4-5-16(22)12-17/h4-10,12,14H,11,13H2,1-3H3/t14-/m0/s1. The van der Waals surface area contributed by atoms with E-state index in [-0.39, 0.29) is 23.7 Å². The first-order chi connectivity index (χ1) is 12.2. The SMILES string of the molecule is CC(C)(C)c1ccc(OC(=O)[C@H]2CC(=O)N(c3cccc(Cl)c3)C2)cc1. The zero-order chi connectivity index (χ0) is 18.9. The first-order valence-corrected chi connectivity index (χ1v) is 9.00. The van der Waals surface area contributed by atoms with E-state index in [2.05, 4.69) is 20.8 Å². The molecule has 0 radical (unpaired) electrons. The number of carbonyl (C=O) groups excluding carboxylic acids is 2. The molecule has 26 heavy (non-hydrogen) atoms. The lowest BCUT2D eigenvalue weighted by molar-refractivity contribution is -0.139. The van der Waals surface area contributed by atoms with Gasteiger partial charge in [0.15, 0.2) is 0 Å². The van der Waals surface area contributed by atoms with E-state index in [0.29, 0.717) is 23.0 Å². The minimum atomic E-state index is -0.483. The van der Waals surface area contributed by atoms with E-state index in [1.807, 2.05) is 18.2 Å². The number of hydrogen-bond acceptors (Lipinski definition) is 3. The monoisotopic (exact) mass is 371 g/mol. The number of rotatable bonds is 3. The Morgan fingerprint density at radius 2 is 1.85 bits per heavy atom. The summed E-state index contributed by atoms with van der Waals surface area (Å²) in [5.41, 5.74) is 1.91. The van der Waals surface area contributed by atoms with Crippen molar-refractivity contribution in [2.24, 2.45) is 5.92 Å². The summed E-state index contributed by atoms with van der Waals surface area (Å²) in [6, 6.07) is 14.6. The van der Waals surface area contributed by atoms with Crippen LogP contribution < -0.4 is 9.64 Å². The highest BCUT2D eigenvalue weighted by Crippen LogP contribution is 2.29. The summed E-state index contributed by atoms with van der Waals surface area (Å²) in [6.07, 6.45) is 0.144. The molecule has 0 N–H and O–H groups in total. The Kier molecular flexibility index (Phi) is 5.05. The molecule has 0 spiro atoms. The predicted molar refractivity (Wildman–Crippen MR) is 103 cm³/mol. The van der Waals surface area contributed by atoms with Crippen molar-refractivity contribution in [2.75, 3.05) is 11.4 Å². The number of nitrogens with zero attached hydrogens (tertiary/aromatic N) is 1. The molecule has 2 aromatic carbocycles. The zero-order valence-corrected chi connectivity index (χ0v) is 15.9. The fourth-order valence-electron chi connectivity index (χ4n) is 2.98. The Balaban J connectivity index is 1.67. The fraction of sp³-hybridized carbons (Fsp3) is 0.333.